The summed E-state index contributed by atoms with van der Waals surface area (Å²) in [6.45, 7) is 5.53. The lowest BCUT2D eigenvalue weighted by Crippen LogP contribution is -2.49. The maximum Gasteiger partial charge on any atom is 0.328 e. The standard InChI is InChI=1S/C12H24N2O4/c1-8(2)5-4-6-9(3)13-12(18)14-10(7-15)11(16)17/h8-10,15H,4-7H2,1-3H3,(H,16,17)(H2,13,14,18)/t9?,10-/m1/s1. The van der Waals surface area contributed by atoms with E-state index in [1.807, 2.05) is 6.92 Å². The highest BCUT2D eigenvalue weighted by atomic mass is 16.4. The van der Waals surface area contributed by atoms with Crippen molar-refractivity contribution in [3.05, 3.63) is 0 Å². The number of aliphatic hydroxyl groups excluding tert-OH is 1. The minimum atomic E-state index is -1.26. The first-order valence-electron chi connectivity index (χ1n) is 6.27. The average Bonchev–Trinajstić information content (AvgIpc) is 2.24. The summed E-state index contributed by atoms with van der Waals surface area (Å²) in [5, 5.41) is 22.3. The van der Waals surface area contributed by atoms with E-state index in [1.54, 1.807) is 0 Å². The molecule has 0 rings (SSSR count). The fraction of sp³-hybridized carbons (Fsp3) is 0.833. The Bertz CT molecular complexity index is 269. The third-order valence-electron chi connectivity index (χ3n) is 2.58. The number of amides is 2. The minimum absolute atomic E-state index is 0.0168. The largest absolute Gasteiger partial charge is 0.480 e. The smallest absolute Gasteiger partial charge is 0.328 e. The summed E-state index contributed by atoms with van der Waals surface area (Å²) in [4.78, 5) is 22.0. The molecular formula is C12H24N2O4. The van der Waals surface area contributed by atoms with Crippen molar-refractivity contribution in [2.45, 2.75) is 52.1 Å². The highest BCUT2D eigenvalue weighted by molar-refractivity contribution is 5.82. The molecule has 4 N–H and O–H groups in total. The lowest BCUT2D eigenvalue weighted by atomic mass is 10.0. The first-order chi connectivity index (χ1) is 8.36. The third-order valence-corrected chi connectivity index (χ3v) is 2.58. The summed E-state index contributed by atoms with van der Waals surface area (Å²) in [5.74, 6) is -0.614. The minimum Gasteiger partial charge on any atom is -0.480 e. The lowest BCUT2D eigenvalue weighted by molar-refractivity contribution is -0.140. The van der Waals surface area contributed by atoms with Gasteiger partial charge in [-0.2, -0.15) is 0 Å². The molecule has 0 fully saturated rings. The number of rotatable bonds is 8. The number of hydrogen-bond acceptors (Lipinski definition) is 3. The second kappa shape index (κ2) is 8.74. The zero-order valence-corrected chi connectivity index (χ0v) is 11.3. The van der Waals surface area contributed by atoms with Gasteiger partial charge in [-0.1, -0.05) is 26.7 Å². The first-order valence-corrected chi connectivity index (χ1v) is 6.27. The van der Waals surface area contributed by atoms with Crippen LogP contribution in [0.2, 0.25) is 0 Å². The van der Waals surface area contributed by atoms with Crippen molar-refractivity contribution in [3.8, 4) is 0 Å². The number of carboxylic acids is 1. The third kappa shape index (κ3) is 7.89. The number of urea groups is 1. The number of aliphatic carboxylic acids is 1. The molecule has 2 atom stereocenters. The molecule has 0 saturated carbocycles. The maximum atomic E-state index is 11.4. The molecule has 2 amide bonds. The normalized spacial score (nSPS) is 14.1. The van der Waals surface area contributed by atoms with Gasteiger partial charge in [-0.05, 0) is 19.3 Å². The predicted molar refractivity (Wildman–Crippen MR) is 68.3 cm³/mol. The Hall–Kier alpha value is -1.30. The SMILES string of the molecule is CC(C)CCCC(C)NC(=O)N[C@H](CO)C(=O)O. The van der Waals surface area contributed by atoms with Crippen molar-refractivity contribution in [3.63, 3.8) is 0 Å². The molecule has 0 saturated heterocycles. The average molecular weight is 260 g/mol. The molecule has 1 unspecified atom stereocenters. The van der Waals surface area contributed by atoms with Crippen LogP contribution < -0.4 is 10.6 Å². The molecule has 6 nitrogen and oxygen atoms in total. The van der Waals surface area contributed by atoms with Gasteiger partial charge in [-0.25, -0.2) is 9.59 Å². The van der Waals surface area contributed by atoms with Gasteiger partial charge in [0.05, 0.1) is 6.61 Å². The van der Waals surface area contributed by atoms with Crippen molar-refractivity contribution in [2.75, 3.05) is 6.61 Å². The Labute approximate surface area is 108 Å². The number of carboxylic acid groups (broad SMARTS) is 1. The van der Waals surface area contributed by atoms with E-state index in [1.165, 1.54) is 0 Å². The first kappa shape index (κ1) is 16.7. The van der Waals surface area contributed by atoms with Gasteiger partial charge in [-0.3, -0.25) is 0 Å². The second-order valence-corrected chi connectivity index (χ2v) is 4.92. The van der Waals surface area contributed by atoms with Gasteiger partial charge in [0.15, 0.2) is 6.04 Å². The molecule has 18 heavy (non-hydrogen) atoms. The molecule has 6 heteroatoms. The summed E-state index contributed by atoms with van der Waals surface area (Å²) in [6, 6.07) is -1.83. The van der Waals surface area contributed by atoms with Crippen LogP contribution in [0.25, 0.3) is 0 Å². The van der Waals surface area contributed by atoms with Crippen LogP contribution in [0.15, 0.2) is 0 Å². The molecule has 0 aromatic heterocycles. The molecule has 0 heterocycles. The lowest BCUT2D eigenvalue weighted by Gasteiger charge is -2.17. The fourth-order valence-corrected chi connectivity index (χ4v) is 1.51. The van der Waals surface area contributed by atoms with Gasteiger partial charge in [0.2, 0.25) is 0 Å². The van der Waals surface area contributed by atoms with Crippen molar-refractivity contribution in [1.82, 2.24) is 10.6 Å². The Kier molecular flexibility index (Phi) is 8.11. The van der Waals surface area contributed by atoms with Crippen LogP contribution >= 0.6 is 0 Å². The molecule has 0 aromatic carbocycles. The van der Waals surface area contributed by atoms with Gasteiger partial charge < -0.3 is 20.8 Å². The summed E-state index contributed by atoms with van der Waals surface area (Å²) < 4.78 is 0. The fourth-order valence-electron chi connectivity index (χ4n) is 1.51. The van der Waals surface area contributed by atoms with Crippen molar-refractivity contribution >= 4 is 12.0 Å². The van der Waals surface area contributed by atoms with Crippen molar-refractivity contribution in [2.24, 2.45) is 5.92 Å². The van der Waals surface area contributed by atoms with Crippen LogP contribution in [0.5, 0.6) is 0 Å². The molecule has 0 aliphatic heterocycles. The number of carbonyl (C=O) groups is 2. The van der Waals surface area contributed by atoms with Gasteiger partial charge in [0.25, 0.3) is 0 Å². The van der Waals surface area contributed by atoms with E-state index < -0.39 is 24.6 Å². The topological polar surface area (TPSA) is 98.7 Å². The van der Waals surface area contributed by atoms with Crippen molar-refractivity contribution < 1.29 is 19.8 Å². The number of nitrogens with one attached hydrogen (secondary N) is 2. The molecule has 0 aliphatic rings. The molecule has 0 aliphatic carbocycles. The number of aliphatic hydroxyl groups is 1. The number of carbonyl (C=O) groups excluding carboxylic acids is 1. The molecular weight excluding hydrogens is 236 g/mol. The summed E-state index contributed by atoms with van der Waals surface area (Å²) in [6.07, 6.45) is 2.96. The zero-order valence-electron chi connectivity index (χ0n) is 11.3. The van der Waals surface area contributed by atoms with Crippen LogP contribution in [-0.4, -0.2) is 40.9 Å². The molecule has 0 radical (unpaired) electrons. The molecule has 106 valence electrons. The molecule has 0 bridgehead atoms. The Morgan fingerprint density at radius 3 is 2.17 bits per heavy atom. The molecule has 0 spiro atoms. The Morgan fingerprint density at radius 2 is 1.72 bits per heavy atom. The summed E-state index contributed by atoms with van der Waals surface area (Å²) in [7, 11) is 0. The van der Waals surface area contributed by atoms with Crippen LogP contribution in [0.4, 0.5) is 4.79 Å². The summed E-state index contributed by atoms with van der Waals surface area (Å²) in [5.41, 5.74) is 0. The zero-order chi connectivity index (χ0) is 14.1. The van der Waals surface area contributed by atoms with E-state index >= 15 is 0 Å². The highest BCUT2D eigenvalue weighted by Crippen LogP contribution is 2.08. The van der Waals surface area contributed by atoms with E-state index in [-0.39, 0.29) is 6.04 Å². The van der Waals surface area contributed by atoms with Gasteiger partial charge in [-0.15, -0.1) is 0 Å². The van der Waals surface area contributed by atoms with E-state index in [0.717, 1.165) is 19.3 Å². The van der Waals surface area contributed by atoms with Gasteiger partial charge in [0.1, 0.15) is 0 Å². The van der Waals surface area contributed by atoms with E-state index in [9.17, 15) is 9.59 Å². The number of hydrogen-bond donors (Lipinski definition) is 4. The molecule has 0 aromatic rings. The van der Waals surface area contributed by atoms with Gasteiger partial charge in [0, 0.05) is 6.04 Å². The van der Waals surface area contributed by atoms with Crippen molar-refractivity contribution in [1.29, 1.82) is 0 Å². The summed E-state index contributed by atoms with van der Waals surface area (Å²) >= 11 is 0. The van der Waals surface area contributed by atoms with E-state index in [4.69, 9.17) is 10.2 Å². The van der Waals surface area contributed by atoms with Crippen LogP contribution in [0.1, 0.15) is 40.0 Å². The Morgan fingerprint density at radius 1 is 1.11 bits per heavy atom. The van der Waals surface area contributed by atoms with E-state index in [2.05, 4.69) is 24.5 Å². The Balaban J connectivity index is 3.89. The highest BCUT2D eigenvalue weighted by Gasteiger charge is 2.19. The van der Waals surface area contributed by atoms with Crippen LogP contribution in [0.3, 0.4) is 0 Å². The van der Waals surface area contributed by atoms with E-state index in [0.29, 0.717) is 5.92 Å². The van der Waals surface area contributed by atoms with Gasteiger partial charge >= 0.3 is 12.0 Å². The quantitative estimate of drug-likeness (QED) is 0.522. The monoisotopic (exact) mass is 260 g/mol. The van der Waals surface area contributed by atoms with Crippen LogP contribution in [-0.2, 0) is 4.79 Å². The maximum absolute atomic E-state index is 11.4. The second-order valence-electron chi connectivity index (χ2n) is 4.92. The predicted octanol–water partition coefficient (Wildman–Crippen LogP) is 0.946. The van der Waals surface area contributed by atoms with Crippen LogP contribution in [0, 0.1) is 5.92 Å².